The minimum absolute atomic E-state index is 0.898. The third-order valence-electron chi connectivity index (χ3n) is 7.81. The largest absolute Gasteiger partial charge is 0.0991 e. The van der Waals surface area contributed by atoms with Gasteiger partial charge in [-0.3, -0.25) is 0 Å². The minimum atomic E-state index is 0.898. The molecule has 0 unspecified atom stereocenters. The maximum absolute atomic E-state index is 4.54. The fourth-order valence-electron chi connectivity index (χ4n) is 5.69. The fourth-order valence-corrected chi connectivity index (χ4v) is 5.69. The smallest absolute Gasteiger partial charge is 0.00987 e. The molecular weight excluding hydrogens is 528 g/mol. The van der Waals surface area contributed by atoms with Crippen molar-refractivity contribution in [1.29, 1.82) is 0 Å². The van der Waals surface area contributed by atoms with Crippen LogP contribution in [0, 0.1) is 13.8 Å². The monoisotopic (exact) mass is 566 g/mol. The third-order valence-corrected chi connectivity index (χ3v) is 7.81. The molecule has 0 radical (unpaired) electrons. The van der Waals surface area contributed by atoms with Gasteiger partial charge in [0.2, 0.25) is 0 Å². The van der Waals surface area contributed by atoms with Crippen molar-refractivity contribution in [2.75, 3.05) is 0 Å². The number of hydrogen-bond acceptors (Lipinski definition) is 0. The number of hydrogen-bond donors (Lipinski definition) is 0. The molecule has 0 heterocycles. The molecule has 5 rings (SSSR count). The van der Waals surface area contributed by atoms with Gasteiger partial charge < -0.3 is 0 Å². The van der Waals surface area contributed by atoms with E-state index in [0.29, 0.717) is 0 Å². The molecular formula is C44H38. The average Bonchev–Trinajstić information content (AvgIpc) is 3.04. The number of rotatable bonds is 8. The third kappa shape index (κ3) is 6.46. The molecule has 0 spiro atoms. The van der Waals surface area contributed by atoms with E-state index in [1.165, 1.54) is 11.1 Å². The highest BCUT2D eigenvalue weighted by atomic mass is 14.2. The van der Waals surface area contributed by atoms with E-state index in [0.717, 1.165) is 66.1 Å². The lowest BCUT2D eigenvalue weighted by Crippen LogP contribution is -1.91. The SMILES string of the molecule is C=C/C=C\C(=C)c1cc(-c2cccc(C)c2)c2ccccc2c(-c2cccc(C)c2)cc(C(=C)/C=C\C=C)c2ccccc12. The topological polar surface area (TPSA) is 0 Å². The Morgan fingerprint density at radius 1 is 0.477 bits per heavy atom. The van der Waals surface area contributed by atoms with Gasteiger partial charge in [-0.1, -0.05) is 171 Å². The number of benzene rings is 4. The molecule has 0 aliphatic heterocycles. The van der Waals surface area contributed by atoms with Crippen molar-refractivity contribution in [3.8, 4) is 22.3 Å². The van der Waals surface area contributed by atoms with Crippen molar-refractivity contribution in [2.45, 2.75) is 13.8 Å². The zero-order valence-corrected chi connectivity index (χ0v) is 25.7. The van der Waals surface area contributed by atoms with Crippen molar-refractivity contribution in [3.63, 3.8) is 0 Å². The van der Waals surface area contributed by atoms with Crippen molar-refractivity contribution in [3.05, 3.63) is 194 Å². The lowest BCUT2D eigenvalue weighted by atomic mass is 9.88. The average molecular weight is 567 g/mol. The van der Waals surface area contributed by atoms with Crippen LogP contribution in [0.4, 0.5) is 0 Å². The first kappa shape index (κ1) is 30.0. The van der Waals surface area contributed by atoms with Crippen LogP contribution in [-0.2, 0) is 0 Å². The Morgan fingerprint density at radius 2 is 0.864 bits per heavy atom. The molecule has 0 aromatic heterocycles. The van der Waals surface area contributed by atoms with Gasteiger partial charge in [0.05, 0.1) is 0 Å². The molecule has 5 aromatic carbocycles. The van der Waals surface area contributed by atoms with Crippen LogP contribution < -0.4 is 0 Å². The van der Waals surface area contributed by atoms with Crippen molar-refractivity contribution in [1.82, 2.24) is 0 Å². The summed E-state index contributed by atoms with van der Waals surface area (Å²) in [6.45, 7) is 21.2. The van der Waals surface area contributed by atoms with Crippen LogP contribution in [0.2, 0.25) is 0 Å². The number of allylic oxidation sites excluding steroid dienone is 8. The zero-order valence-electron chi connectivity index (χ0n) is 25.7. The van der Waals surface area contributed by atoms with Crippen LogP contribution in [-0.4, -0.2) is 0 Å². The van der Waals surface area contributed by atoms with Crippen LogP contribution in [0.5, 0.6) is 0 Å². The van der Waals surface area contributed by atoms with Crippen LogP contribution >= 0.6 is 0 Å². The van der Waals surface area contributed by atoms with Crippen molar-refractivity contribution >= 4 is 32.7 Å². The maximum Gasteiger partial charge on any atom is -0.00987 e. The van der Waals surface area contributed by atoms with E-state index >= 15 is 0 Å². The first-order valence-electron chi connectivity index (χ1n) is 14.9. The van der Waals surface area contributed by atoms with Gasteiger partial charge in [0.25, 0.3) is 0 Å². The fraction of sp³-hybridized carbons (Fsp3) is 0.0455. The molecule has 0 aliphatic carbocycles. The predicted molar refractivity (Wildman–Crippen MR) is 196 cm³/mol. The zero-order chi connectivity index (χ0) is 31.1. The Bertz CT molecular complexity index is 1890. The Kier molecular flexibility index (Phi) is 9.33. The summed E-state index contributed by atoms with van der Waals surface area (Å²) < 4.78 is 0. The molecule has 0 nitrogen and oxygen atoms in total. The normalized spacial score (nSPS) is 11.1. The lowest BCUT2D eigenvalue weighted by molar-refractivity contribution is 1.47. The van der Waals surface area contributed by atoms with E-state index in [1.807, 2.05) is 24.3 Å². The van der Waals surface area contributed by atoms with Crippen LogP contribution in [0.1, 0.15) is 22.3 Å². The highest BCUT2D eigenvalue weighted by Crippen LogP contribution is 2.38. The van der Waals surface area contributed by atoms with Crippen molar-refractivity contribution < 1.29 is 0 Å². The summed E-state index contributed by atoms with van der Waals surface area (Å²) >= 11 is 0. The summed E-state index contributed by atoms with van der Waals surface area (Å²) in [6, 6.07) is 39.3. The first-order valence-corrected chi connectivity index (χ1v) is 14.9. The molecule has 0 N–H and O–H groups in total. The minimum Gasteiger partial charge on any atom is -0.0991 e. The van der Waals surface area contributed by atoms with E-state index in [4.69, 9.17) is 0 Å². The van der Waals surface area contributed by atoms with Gasteiger partial charge in [0.15, 0.2) is 0 Å². The molecule has 214 valence electrons. The Morgan fingerprint density at radius 3 is 1.23 bits per heavy atom. The van der Waals surface area contributed by atoms with Gasteiger partial charge in [0.1, 0.15) is 0 Å². The number of aryl methyl sites for hydroxylation is 2. The molecule has 0 amide bonds. The van der Waals surface area contributed by atoms with E-state index in [1.54, 1.807) is 12.2 Å². The quantitative estimate of drug-likeness (QED) is 0.164. The summed E-state index contributed by atoms with van der Waals surface area (Å²) in [5, 5.41) is 4.46. The van der Waals surface area contributed by atoms with Crippen LogP contribution in [0.25, 0.3) is 54.9 Å². The van der Waals surface area contributed by atoms with Crippen molar-refractivity contribution in [2.24, 2.45) is 0 Å². The molecule has 0 heteroatoms. The first-order chi connectivity index (χ1) is 21.4. The lowest BCUT2D eigenvalue weighted by Gasteiger charge is -2.15. The van der Waals surface area contributed by atoms with E-state index in [9.17, 15) is 0 Å². The Hall–Kier alpha value is -5.46. The van der Waals surface area contributed by atoms with Gasteiger partial charge in [-0.25, -0.2) is 0 Å². The summed E-state index contributed by atoms with van der Waals surface area (Å²) in [5.74, 6) is 0. The Labute approximate surface area is 262 Å². The van der Waals surface area contributed by atoms with Gasteiger partial charge >= 0.3 is 0 Å². The standard InChI is InChI=1S/C44H38/c1-7-9-19-33(5)41-29-43(35-21-15-17-31(3)27-35)39-25-13-14-26-40(39)44(36-22-16-18-32(4)28-36)30-42(34(6)20-10-8-2)38-24-12-11-23-37(38)41/h7-30H,1-2,5-6H2,3-4H3/b19-9-,20-10-,41-29?,41-37?,42-30?,42-38?,43-29?,43-39?,44-30?,44-40?. The molecule has 0 saturated heterocycles. The highest BCUT2D eigenvalue weighted by molar-refractivity contribution is 6.08. The molecule has 0 bridgehead atoms. The predicted octanol–water partition coefficient (Wildman–Crippen LogP) is 12.6. The second-order valence-electron chi connectivity index (χ2n) is 11.0. The second kappa shape index (κ2) is 13.7. The van der Waals surface area contributed by atoms with Crippen LogP contribution in [0.3, 0.4) is 0 Å². The van der Waals surface area contributed by atoms with Gasteiger partial charge in [0, 0.05) is 0 Å². The van der Waals surface area contributed by atoms with E-state index in [2.05, 4.69) is 149 Å². The second-order valence-corrected chi connectivity index (χ2v) is 11.0. The van der Waals surface area contributed by atoms with E-state index in [-0.39, 0.29) is 0 Å². The molecule has 0 fully saturated rings. The summed E-state index contributed by atoms with van der Waals surface area (Å²) in [7, 11) is 0. The molecule has 0 aliphatic rings. The highest BCUT2D eigenvalue weighted by Gasteiger charge is 2.13. The van der Waals surface area contributed by atoms with Gasteiger partial charge in [-0.2, -0.15) is 0 Å². The van der Waals surface area contributed by atoms with Gasteiger partial charge in [-0.05, 0) is 92.1 Å². The molecule has 0 atom stereocenters. The van der Waals surface area contributed by atoms with Gasteiger partial charge in [-0.15, -0.1) is 0 Å². The maximum atomic E-state index is 4.54. The van der Waals surface area contributed by atoms with E-state index < -0.39 is 0 Å². The summed E-state index contributed by atoms with van der Waals surface area (Å²) in [5.41, 5.74) is 10.9. The molecule has 5 aromatic rings. The summed E-state index contributed by atoms with van der Waals surface area (Å²) in [6.07, 6.45) is 11.5. The molecule has 44 heavy (non-hydrogen) atoms. The Balaban J connectivity index is 2.15. The van der Waals surface area contributed by atoms with Crippen LogP contribution in [0.15, 0.2) is 172 Å². The molecule has 0 saturated carbocycles. The summed E-state index contributed by atoms with van der Waals surface area (Å²) in [4.78, 5) is 0. The number of fused-ring (bicyclic) bond motifs is 2.